The molecule has 1 heterocycles. The van der Waals surface area contributed by atoms with Crippen LogP contribution in [-0.4, -0.2) is 9.97 Å². The summed E-state index contributed by atoms with van der Waals surface area (Å²) in [6.07, 6.45) is -2.98. The van der Waals surface area contributed by atoms with Gasteiger partial charge in [0, 0.05) is 11.6 Å². The van der Waals surface area contributed by atoms with Crippen molar-refractivity contribution in [1.82, 2.24) is 9.97 Å². The number of fused-ring (bicyclic) bond motifs is 1. The van der Waals surface area contributed by atoms with Crippen molar-refractivity contribution in [3.63, 3.8) is 0 Å². The van der Waals surface area contributed by atoms with E-state index in [-0.39, 0.29) is 0 Å². The summed E-state index contributed by atoms with van der Waals surface area (Å²) in [5.74, 6) is 0. The summed E-state index contributed by atoms with van der Waals surface area (Å²) < 4.78 is 37.4. The number of alkyl halides is 3. The van der Waals surface area contributed by atoms with Crippen molar-refractivity contribution in [1.29, 1.82) is 0 Å². The maximum atomic E-state index is 12.3. The predicted octanol–water partition coefficient (Wildman–Crippen LogP) is 3.41. The van der Waals surface area contributed by atoms with Crippen molar-refractivity contribution in [3.05, 3.63) is 34.7 Å². The molecule has 0 aliphatic heterocycles. The summed E-state index contributed by atoms with van der Waals surface area (Å²) in [5, 5.41) is 0.369. The zero-order valence-corrected chi connectivity index (χ0v) is 8.80. The molecule has 0 aliphatic carbocycles. The largest absolute Gasteiger partial charge is 0.416 e. The lowest BCUT2D eigenvalue weighted by Crippen LogP contribution is -2.04. The first-order valence-electron chi connectivity index (χ1n) is 3.96. The van der Waals surface area contributed by atoms with Crippen LogP contribution < -0.4 is 0 Å². The number of hydrogen-bond acceptors (Lipinski definition) is 2. The Labute approximate surface area is 91.3 Å². The van der Waals surface area contributed by atoms with Crippen molar-refractivity contribution in [2.45, 2.75) is 6.18 Å². The van der Waals surface area contributed by atoms with Gasteiger partial charge in [0.2, 0.25) is 0 Å². The lowest BCUT2D eigenvalue weighted by Gasteiger charge is -2.06. The second-order valence-corrected chi connectivity index (χ2v) is 3.62. The third kappa shape index (κ3) is 2.09. The molecule has 0 saturated carbocycles. The van der Waals surface area contributed by atoms with Crippen LogP contribution in [0.25, 0.3) is 10.9 Å². The number of benzene rings is 1. The van der Waals surface area contributed by atoms with Gasteiger partial charge in [-0.15, -0.1) is 0 Å². The van der Waals surface area contributed by atoms with Crippen LogP contribution >= 0.6 is 15.9 Å². The van der Waals surface area contributed by atoms with Crippen molar-refractivity contribution in [3.8, 4) is 0 Å². The van der Waals surface area contributed by atoms with Gasteiger partial charge in [0.1, 0.15) is 0 Å². The lowest BCUT2D eigenvalue weighted by atomic mass is 10.1. The molecule has 1 aromatic carbocycles. The normalized spacial score (nSPS) is 12.0. The molecule has 0 N–H and O–H groups in total. The Morgan fingerprint density at radius 2 is 1.93 bits per heavy atom. The first kappa shape index (κ1) is 10.4. The summed E-state index contributed by atoms with van der Waals surface area (Å²) >= 11 is 3.05. The molecular weight excluding hydrogens is 273 g/mol. The zero-order chi connectivity index (χ0) is 11.1. The lowest BCUT2D eigenvalue weighted by molar-refractivity contribution is -0.137. The topological polar surface area (TPSA) is 25.8 Å². The van der Waals surface area contributed by atoms with E-state index in [0.717, 1.165) is 12.1 Å². The minimum Gasteiger partial charge on any atom is -0.230 e. The first-order chi connectivity index (χ1) is 6.97. The van der Waals surface area contributed by atoms with E-state index in [1.54, 1.807) is 0 Å². The van der Waals surface area contributed by atoms with Gasteiger partial charge in [-0.25, -0.2) is 9.97 Å². The highest BCUT2D eigenvalue weighted by molar-refractivity contribution is 9.10. The Kier molecular flexibility index (Phi) is 2.38. The maximum Gasteiger partial charge on any atom is 0.416 e. The van der Waals surface area contributed by atoms with Crippen molar-refractivity contribution in [2.24, 2.45) is 0 Å². The molecule has 2 nitrogen and oxygen atoms in total. The molecule has 15 heavy (non-hydrogen) atoms. The molecule has 0 saturated heterocycles. The number of aromatic nitrogens is 2. The minimum absolute atomic E-state index is 0.356. The van der Waals surface area contributed by atoms with Crippen LogP contribution in [0.15, 0.2) is 29.1 Å². The van der Waals surface area contributed by atoms with Crippen LogP contribution in [0.1, 0.15) is 5.56 Å². The third-order valence-electron chi connectivity index (χ3n) is 1.88. The average molecular weight is 277 g/mol. The predicted molar refractivity (Wildman–Crippen MR) is 52.2 cm³/mol. The van der Waals surface area contributed by atoms with Gasteiger partial charge in [0.25, 0.3) is 0 Å². The van der Waals surface area contributed by atoms with Gasteiger partial charge in [-0.2, -0.15) is 13.2 Å². The summed E-state index contributed by atoms with van der Waals surface area (Å²) in [7, 11) is 0. The average Bonchev–Trinajstić information content (AvgIpc) is 2.15. The number of hydrogen-bond donors (Lipinski definition) is 0. The van der Waals surface area contributed by atoms with Crippen LogP contribution in [0.3, 0.4) is 0 Å². The minimum atomic E-state index is -4.33. The van der Waals surface area contributed by atoms with Gasteiger partial charge in [-0.1, -0.05) is 0 Å². The Morgan fingerprint density at radius 1 is 1.20 bits per heavy atom. The van der Waals surface area contributed by atoms with Crippen LogP contribution in [-0.2, 0) is 6.18 Å². The Bertz CT molecular complexity index is 510. The molecule has 1 aromatic heterocycles. The highest BCUT2D eigenvalue weighted by Crippen LogP contribution is 2.30. The highest BCUT2D eigenvalue weighted by Gasteiger charge is 2.30. The first-order valence-corrected chi connectivity index (χ1v) is 4.75. The number of nitrogens with zero attached hydrogens (tertiary/aromatic N) is 2. The summed E-state index contributed by atoms with van der Waals surface area (Å²) in [6, 6.07) is 3.36. The van der Waals surface area contributed by atoms with Crippen molar-refractivity contribution >= 4 is 26.8 Å². The molecule has 0 bridgehead atoms. The molecular formula is C9H4BrF3N2. The standard InChI is InChI=1S/C9H4BrF3N2/c10-8-14-4-5-3-6(9(11,12)13)1-2-7(5)15-8/h1-4H. The van der Waals surface area contributed by atoms with Gasteiger partial charge in [-0.05, 0) is 34.1 Å². The van der Waals surface area contributed by atoms with E-state index >= 15 is 0 Å². The monoisotopic (exact) mass is 276 g/mol. The van der Waals surface area contributed by atoms with Gasteiger partial charge < -0.3 is 0 Å². The molecule has 0 atom stereocenters. The number of rotatable bonds is 0. The van der Waals surface area contributed by atoms with Gasteiger partial charge in [-0.3, -0.25) is 0 Å². The molecule has 0 aliphatic rings. The fraction of sp³-hybridized carbons (Fsp3) is 0.111. The summed E-state index contributed by atoms with van der Waals surface area (Å²) in [6.45, 7) is 0. The molecule has 78 valence electrons. The number of halogens is 4. The quantitative estimate of drug-likeness (QED) is 0.689. The maximum absolute atomic E-state index is 12.3. The van der Waals surface area contributed by atoms with Crippen molar-refractivity contribution in [2.75, 3.05) is 0 Å². The fourth-order valence-corrected chi connectivity index (χ4v) is 1.48. The van der Waals surface area contributed by atoms with Crippen molar-refractivity contribution < 1.29 is 13.2 Å². The van der Waals surface area contributed by atoms with E-state index in [4.69, 9.17) is 0 Å². The van der Waals surface area contributed by atoms with E-state index in [9.17, 15) is 13.2 Å². The molecule has 0 spiro atoms. The van der Waals surface area contributed by atoms with E-state index in [1.807, 2.05) is 0 Å². The van der Waals surface area contributed by atoms with Crippen LogP contribution in [0.2, 0.25) is 0 Å². The van der Waals surface area contributed by atoms with Gasteiger partial charge in [0.15, 0.2) is 4.73 Å². The summed E-state index contributed by atoms with van der Waals surface area (Å²) in [5.41, 5.74) is -0.217. The van der Waals surface area contributed by atoms with Crippen LogP contribution in [0.4, 0.5) is 13.2 Å². The second kappa shape index (κ2) is 3.44. The Hall–Kier alpha value is -1.17. The van der Waals surface area contributed by atoms with Gasteiger partial charge in [0.05, 0.1) is 11.1 Å². The summed E-state index contributed by atoms with van der Waals surface area (Å²) in [4.78, 5) is 7.71. The molecule has 0 radical (unpaired) electrons. The third-order valence-corrected chi connectivity index (χ3v) is 2.26. The van der Waals surface area contributed by atoms with E-state index in [0.29, 0.717) is 15.6 Å². The highest BCUT2D eigenvalue weighted by atomic mass is 79.9. The SMILES string of the molecule is FC(F)(F)c1ccc2nc(Br)ncc2c1. The molecule has 2 aromatic rings. The van der Waals surface area contributed by atoms with E-state index in [2.05, 4.69) is 25.9 Å². The van der Waals surface area contributed by atoms with Crippen LogP contribution in [0, 0.1) is 0 Å². The second-order valence-electron chi connectivity index (χ2n) is 2.91. The van der Waals surface area contributed by atoms with Gasteiger partial charge >= 0.3 is 6.18 Å². The smallest absolute Gasteiger partial charge is 0.230 e. The Morgan fingerprint density at radius 3 is 2.60 bits per heavy atom. The van der Waals surface area contributed by atoms with E-state index < -0.39 is 11.7 Å². The Balaban J connectivity index is 2.62. The molecule has 0 fully saturated rings. The fourth-order valence-electron chi connectivity index (χ4n) is 1.19. The molecule has 2 rings (SSSR count). The molecule has 0 amide bonds. The van der Waals surface area contributed by atoms with Crippen LogP contribution in [0.5, 0.6) is 0 Å². The van der Waals surface area contributed by atoms with E-state index in [1.165, 1.54) is 12.3 Å². The molecule has 6 heteroatoms. The zero-order valence-electron chi connectivity index (χ0n) is 7.22. The molecule has 0 unspecified atom stereocenters.